The first-order valence-corrected chi connectivity index (χ1v) is 3.76. The summed E-state index contributed by atoms with van der Waals surface area (Å²) in [4.78, 5) is 21.7. The van der Waals surface area contributed by atoms with E-state index >= 15 is 0 Å². The summed E-state index contributed by atoms with van der Waals surface area (Å²) in [6.45, 7) is 2.95. The number of hydrogen-bond acceptors (Lipinski definition) is 4. The summed E-state index contributed by atoms with van der Waals surface area (Å²) in [5, 5.41) is 9.39. The van der Waals surface area contributed by atoms with Crippen LogP contribution >= 0.6 is 0 Å². The average Bonchev–Trinajstić information content (AvgIpc) is 2.02. The molecule has 1 unspecified atom stereocenters. The normalized spacial score (nSPS) is 15.0. The van der Waals surface area contributed by atoms with E-state index in [1.54, 1.807) is 6.92 Å². The van der Waals surface area contributed by atoms with E-state index in [1.807, 2.05) is 0 Å². The highest BCUT2D eigenvalue weighted by Crippen LogP contribution is 2.12. The minimum Gasteiger partial charge on any atom is -0.467 e. The van der Waals surface area contributed by atoms with Crippen LogP contribution in [0.25, 0.3) is 0 Å². The molecule has 0 spiro atoms. The number of Topliss-reactive ketones (excluding diaryl/α,β-unsaturated/α-hetero) is 1. The van der Waals surface area contributed by atoms with Gasteiger partial charge < -0.3 is 9.84 Å². The average molecular weight is 174 g/mol. The third-order valence-electron chi connectivity index (χ3n) is 1.56. The molecule has 0 bridgehead atoms. The molecule has 4 nitrogen and oxygen atoms in total. The van der Waals surface area contributed by atoms with Crippen molar-refractivity contribution in [2.75, 3.05) is 7.11 Å². The Morgan fingerprint density at radius 3 is 2.33 bits per heavy atom. The van der Waals surface area contributed by atoms with Gasteiger partial charge in [-0.05, 0) is 6.92 Å². The van der Waals surface area contributed by atoms with E-state index in [2.05, 4.69) is 4.74 Å². The molecule has 1 atom stereocenters. The lowest BCUT2D eigenvalue weighted by Gasteiger charge is -2.18. The van der Waals surface area contributed by atoms with Crippen molar-refractivity contribution < 1.29 is 19.4 Å². The molecule has 0 aromatic heterocycles. The Morgan fingerprint density at radius 2 is 2.00 bits per heavy atom. The van der Waals surface area contributed by atoms with Crippen LogP contribution < -0.4 is 0 Å². The van der Waals surface area contributed by atoms with E-state index in [9.17, 15) is 14.7 Å². The van der Waals surface area contributed by atoms with Crippen LogP contribution in [-0.4, -0.2) is 29.6 Å². The van der Waals surface area contributed by atoms with Crippen molar-refractivity contribution in [3.63, 3.8) is 0 Å². The number of methoxy groups -OCH3 is 1. The van der Waals surface area contributed by atoms with Gasteiger partial charge in [0, 0.05) is 12.8 Å². The molecule has 0 aliphatic heterocycles. The first-order valence-electron chi connectivity index (χ1n) is 3.76. The fraction of sp³-hybridized carbons (Fsp3) is 0.750. The van der Waals surface area contributed by atoms with E-state index in [0.717, 1.165) is 0 Å². The summed E-state index contributed by atoms with van der Waals surface area (Å²) in [6, 6.07) is 0. The van der Waals surface area contributed by atoms with Crippen molar-refractivity contribution in [1.82, 2.24) is 0 Å². The first-order chi connectivity index (χ1) is 5.44. The second kappa shape index (κ2) is 4.21. The lowest BCUT2D eigenvalue weighted by atomic mass is 9.99. The predicted molar refractivity (Wildman–Crippen MR) is 42.6 cm³/mol. The summed E-state index contributed by atoms with van der Waals surface area (Å²) in [5.41, 5.74) is -1.68. The SMILES string of the molecule is CCC(=O)CC(C)(O)C(=O)OC. The van der Waals surface area contributed by atoms with Crippen LogP contribution in [0, 0.1) is 0 Å². The van der Waals surface area contributed by atoms with Gasteiger partial charge in [-0.1, -0.05) is 6.92 Å². The topological polar surface area (TPSA) is 63.6 Å². The van der Waals surface area contributed by atoms with Crippen molar-refractivity contribution in [3.05, 3.63) is 0 Å². The van der Waals surface area contributed by atoms with Gasteiger partial charge in [-0.25, -0.2) is 4.79 Å². The van der Waals surface area contributed by atoms with Gasteiger partial charge in [0.05, 0.1) is 7.11 Å². The Morgan fingerprint density at radius 1 is 1.50 bits per heavy atom. The smallest absolute Gasteiger partial charge is 0.338 e. The number of carbonyl (C=O) groups excluding carboxylic acids is 2. The predicted octanol–water partition coefficient (Wildman–Crippen LogP) is 0.280. The quantitative estimate of drug-likeness (QED) is 0.622. The third kappa shape index (κ3) is 3.00. The number of aliphatic hydroxyl groups is 1. The van der Waals surface area contributed by atoms with Gasteiger partial charge in [-0.2, -0.15) is 0 Å². The number of rotatable bonds is 4. The molecule has 0 radical (unpaired) electrons. The fourth-order valence-corrected chi connectivity index (χ4v) is 0.801. The largest absolute Gasteiger partial charge is 0.467 e. The molecule has 0 amide bonds. The van der Waals surface area contributed by atoms with Gasteiger partial charge in [0.2, 0.25) is 0 Å². The molecule has 0 rings (SSSR count). The molecule has 0 saturated carbocycles. The zero-order valence-electron chi connectivity index (χ0n) is 7.59. The highest BCUT2D eigenvalue weighted by molar-refractivity contribution is 5.88. The molecule has 0 fully saturated rings. The van der Waals surface area contributed by atoms with Crippen molar-refractivity contribution >= 4 is 11.8 Å². The molecular weight excluding hydrogens is 160 g/mol. The molecule has 4 heteroatoms. The van der Waals surface area contributed by atoms with E-state index in [-0.39, 0.29) is 12.2 Å². The maximum absolute atomic E-state index is 10.9. The zero-order chi connectivity index (χ0) is 9.78. The summed E-state index contributed by atoms with van der Waals surface area (Å²) in [5.74, 6) is -0.935. The van der Waals surface area contributed by atoms with E-state index in [0.29, 0.717) is 6.42 Å². The minimum atomic E-state index is -1.68. The Kier molecular flexibility index (Phi) is 3.89. The van der Waals surface area contributed by atoms with Crippen molar-refractivity contribution in [3.8, 4) is 0 Å². The van der Waals surface area contributed by atoms with Gasteiger partial charge in [0.15, 0.2) is 5.60 Å². The van der Waals surface area contributed by atoms with Crippen LogP contribution in [0.1, 0.15) is 26.7 Å². The molecular formula is C8H14O4. The third-order valence-corrected chi connectivity index (χ3v) is 1.56. The molecule has 0 aliphatic carbocycles. The number of ether oxygens (including phenoxy) is 1. The van der Waals surface area contributed by atoms with Crippen LogP contribution in [0.4, 0.5) is 0 Å². The van der Waals surface area contributed by atoms with Crippen LogP contribution in [-0.2, 0) is 14.3 Å². The van der Waals surface area contributed by atoms with Crippen LogP contribution in [0.3, 0.4) is 0 Å². The van der Waals surface area contributed by atoms with E-state index in [1.165, 1.54) is 14.0 Å². The van der Waals surface area contributed by atoms with Gasteiger partial charge in [-0.3, -0.25) is 4.79 Å². The molecule has 0 saturated heterocycles. The molecule has 0 aliphatic rings. The Bertz CT molecular complexity index is 183. The maximum Gasteiger partial charge on any atom is 0.338 e. The zero-order valence-corrected chi connectivity index (χ0v) is 7.59. The highest BCUT2D eigenvalue weighted by Gasteiger charge is 2.33. The van der Waals surface area contributed by atoms with Crippen LogP contribution in [0.5, 0.6) is 0 Å². The van der Waals surface area contributed by atoms with E-state index < -0.39 is 11.6 Å². The van der Waals surface area contributed by atoms with Gasteiger partial charge in [-0.15, -0.1) is 0 Å². The molecule has 70 valence electrons. The second-order valence-electron chi connectivity index (χ2n) is 2.83. The Balaban J connectivity index is 4.21. The summed E-state index contributed by atoms with van der Waals surface area (Å²) >= 11 is 0. The summed E-state index contributed by atoms with van der Waals surface area (Å²) < 4.78 is 4.32. The van der Waals surface area contributed by atoms with Crippen molar-refractivity contribution in [1.29, 1.82) is 0 Å². The lowest BCUT2D eigenvalue weighted by Crippen LogP contribution is -2.38. The lowest BCUT2D eigenvalue weighted by molar-refractivity contribution is -0.162. The number of ketones is 1. The number of hydrogen-bond donors (Lipinski definition) is 1. The van der Waals surface area contributed by atoms with Crippen molar-refractivity contribution in [2.45, 2.75) is 32.3 Å². The first kappa shape index (κ1) is 11.1. The summed E-state index contributed by atoms with van der Waals surface area (Å²) in [7, 11) is 1.17. The Labute approximate surface area is 71.5 Å². The molecule has 0 heterocycles. The Hall–Kier alpha value is -0.900. The fourth-order valence-electron chi connectivity index (χ4n) is 0.801. The highest BCUT2D eigenvalue weighted by atomic mass is 16.5. The van der Waals surface area contributed by atoms with Crippen LogP contribution in [0.15, 0.2) is 0 Å². The monoisotopic (exact) mass is 174 g/mol. The molecule has 12 heavy (non-hydrogen) atoms. The molecule has 0 aromatic carbocycles. The summed E-state index contributed by atoms with van der Waals surface area (Å²) in [6.07, 6.45) is 0.128. The maximum atomic E-state index is 10.9. The van der Waals surface area contributed by atoms with Gasteiger partial charge in [0.1, 0.15) is 5.78 Å². The van der Waals surface area contributed by atoms with Crippen molar-refractivity contribution in [2.24, 2.45) is 0 Å². The van der Waals surface area contributed by atoms with Gasteiger partial charge in [0.25, 0.3) is 0 Å². The molecule has 1 N–H and O–H groups in total. The van der Waals surface area contributed by atoms with Crippen LogP contribution in [0.2, 0.25) is 0 Å². The minimum absolute atomic E-state index is 0.162. The molecule has 0 aromatic rings. The second-order valence-corrected chi connectivity index (χ2v) is 2.83. The van der Waals surface area contributed by atoms with E-state index in [4.69, 9.17) is 0 Å². The number of carbonyl (C=O) groups is 2. The van der Waals surface area contributed by atoms with Gasteiger partial charge >= 0.3 is 5.97 Å². The number of esters is 1. The standard InChI is InChI=1S/C8H14O4/c1-4-6(9)5-8(2,11)7(10)12-3/h11H,4-5H2,1-3H3.